The second-order valence-corrected chi connectivity index (χ2v) is 13.8. The molecule has 4 aromatic rings. The number of para-hydroxylation sites is 1. The SMILES string of the molecule is C.CC(C)OC(=O)C[C@H]1C[C@@H](CCn2c(-c3ccc(F)cc3)c(-c3ccccc3)c(C(=O)Nc3ccccc3)c2C(C)C)OC2(CCCC2)O1. The molecule has 2 aliphatic rings. The third-order valence-electron chi connectivity index (χ3n) is 9.38. The number of hydrogen-bond donors (Lipinski definition) is 1. The molecular weight excluding hydrogens is 631 g/mol. The standard InChI is InChI=1S/C41H47FN2O5.CH4/c1-27(2)38-37(40(46)43-32-15-9-6-10-16-32)36(29-13-7-5-8-14-29)39(30-17-19-31(42)20-18-30)44(38)24-21-33-25-34(26-35(45)47-28(3)4)49-41(48-33)22-11-12-23-41;/h5-10,13-20,27-28,33-34H,11-12,21-26H2,1-4H3,(H,43,46);1H4/t33-,34-;/m1./s1. The van der Waals surface area contributed by atoms with Crippen LogP contribution in [0.25, 0.3) is 22.4 Å². The van der Waals surface area contributed by atoms with Crippen LogP contribution in [0.1, 0.15) is 102 Å². The van der Waals surface area contributed by atoms with E-state index in [1.807, 2.05) is 74.5 Å². The normalized spacial score (nSPS) is 18.3. The lowest BCUT2D eigenvalue weighted by Crippen LogP contribution is -2.47. The van der Waals surface area contributed by atoms with Crippen molar-refractivity contribution in [3.05, 3.63) is 102 Å². The number of anilines is 1. The molecule has 6 rings (SSSR count). The minimum absolute atomic E-state index is 0. The van der Waals surface area contributed by atoms with Crippen LogP contribution in [0, 0.1) is 5.82 Å². The van der Waals surface area contributed by atoms with Gasteiger partial charge in [0.15, 0.2) is 5.79 Å². The van der Waals surface area contributed by atoms with Gasteiger partial charge in [-0.05, 0) is 86.6 Å². The van der Waals surface area contributed by atoms with Gasteiger partial charge in [-0.1, -0.05) is 69.8 Å². The molecule has 0 radical (unpaired) electrons. The van der Waals surface area contributed by atoms with Gasteiger partial charge >= 0.3 is 5.97 Å². The van der Waals surface area contributed by atoms with Crippen molar-refractivity contribution >= 4 is 17.6 Å². The number of nitrogens with one attached hydrogen (secondary N) is 1. The van der Waals surface area contributed by atoms with E-state index in [-0.39, 0.29) is 55.8 Å². The molecule has 1 aliphatic carbocycles. The van der Waals surface area contributed by atoms with Crippen molar-refractivity contribution in [2.24, 2.45) is 0 Å². The molecule has 1 saturated carbocycles. The molecule has 2 heterocycles. The van der Waals surface area contributed by atoms with Gasteiger partial charge in [-0.2, -0.15) is 0 Å². The van der Waals surface area contributed by atoms with Crippen LogP contribution in [-0.4, -0.2) is 40.5 Å². The molecule has 1 aliphatic heterocycles. The number of hydrogen-bond acceptors (Lipinski definition) is 5. The Morgan fingerprint density at radius 1 is 0.880 bits per heavy atom. The summed E-state index contributed by atoms with van der Waals surface area (Å²) in [6.07, 6.45) is 4.33. The zero-order chi connectivity index (χ0) is 34.5. The van der Waals surface area contributed by atoms with Gasteiger partial charge in [0.25, 0.3) is 5.91 Å². The Balaban J connectivity index is 0.00000486. The van der Waals surface area contributed by atoms with Crippen LogP contribution < -0.4 is 5.32 Å². The maximum absolute atomic E-state index is 14.4. The number of amides is 1. The zero-order valence-electron chi connectivity index (χ0n) is 28.9. The molecule has 3 aromatic carbocycles. The first-order chi connectivity index (χ1) is 23.6. The van der Waals surface area contributed by atoms with Crippen LogP contribution in [0.5, 0.6) is 0 Å². The highest BCUT2D eigenvalue weighted by atomic mass is 19.1. The molecule has 7 nitrogen and oxygen atoms in total. The van der Waals surface area contributed by atoms with E-state index in [2.05, 4.69) is 23.7 Å². The van der Waals surface area contributed by atoms with Crippen molar-refractivity contribution in [2.75, 3.05) is 5.32 Å². The average Bonchev–Trinajstić information content (AvgIpc) is 3.66. The molecule has 2 atom stereocenters. The number of ether oxygens (including phenoxy) is 3. The van der Waals surface area contributed by atoms with Crippen molar-refractivity contribution in [1.29, 1.82) is 0 Å². The molecule has 0 unspecified atom stereocenters. The summed E-state index contributed by atoms with van der Waals surface area (Å²) in [6, 6.07) is 25.9. The number of carbonyl (C=O) groups excluding carboxylic acids is 2. The fraction of sp³-hybridized carbons (Fsp3) is 0.429. The molecule has 1 aromatic heterocycles. The lowest BCUT2D eigenvalue weighted by atomic mass is 9.94. The van der Waals surface area contributed by atoms with E-state index >= 15 is 0 Å². The second kappa shape index (κ2) is 16.2. The van der Waals surface area contributed by atoms with E-state index in [0.717, 1.165) is 53.8 Å². The number of carbonyl (C=O) groups is 2. The van der Waals surface area contributed by atoms with E-state index in [4.69, 9.17) is 14.2 Å². The molecule has 1 N–H and O–H groups in total. The van der Waals surface area contributed by atoms with Crippen LogP contribution in [-0.2, 0) is 25.5 Å². The van der Waals surface area contributed by atoms with Gasteiger partial charge in [-0.15, -0.1) is 0 Å². The summed E-state index contributed by atoms with van der Waals surface area (Å²) in [4.78, 5) is 27.1. The average molecular weight is 683 g/mol. The van der Waals surface area contributed by atoms with E-state index in [1.165, 1.54) is 12.1 Å². The molecule has 1 spiro atoms. The molecule has 2 fully saturated rings. The molecule has 1 amide bonds. The van der Waals surface area contributed by atoms with Crippen LogP contribution in [0.4, 0.5) is 10.1 Å². The lowest BCUT2D eigenvalue weighted by molar-refractivity contribution is -0.315. The Bertz CT molecular complexity index is 1730. The van der Waals surface area contributed by atoms with E-state index in [9.17, 15) is 14.0 Å². The number of rotatable bonds is 11. The summed E-state index contributed by atoms with van der Waals surface area (Å²) in [6.45, 7) is 8.45. The van der Waals surface area contributed by atoms with Gasteiger partial charge in [-0.25, -0.2) is 4.39 Å². The predicted octanol–water partition coefficient (Wildman–Crippen LogP) is 10.1. The van der Waals surface area contributed by atoms with E-state index in [0.29, 0.717) is 30.6 Å². The molecule has 0 bridgehead atoms. The molecule has 50 heavy (non-hydrogen) atoms. The third kappa shape index (κ3) is 8.36. The van der Waals surface area contributed by atoms with Crippen molar-refractivity contribution < 1.29 is 28.2 Å². The summed E-state index contributed by atoms with van der Waals surface area (Å²) in [5.74, 6) is -1.51. The topological polar surface area (TPSA) is 78.8 Å². The highest BCUT2D eigenvalue weighted by Crippen LogP contribution is 2.45. The summed E-state index contributed by atoms with van der Waals surface area (Å²) < 4.78 is 35.3. The first-order valence-electron chi connectivity index (χ1n) is 17.6. The van der Waals surface area contributed by atoms with Gasteiger partial charge in [0, 0.05) is 42.8 Å². The quantitative estimate of drug-likeness (QED) is 0.159. The van der Waals surface area contributed by atoms with Crippen molar-refractivity contribution in [3.8, 4) is 22.4 Å². The number of benzene rings is 3. The van der Waals surface area contributed by atoms with Gasteiger partial charge in [0.05, 0.1) is 36.0 Å². The minimum Gasteiger partial charge on any atom is -0.463 e. The van der Waals surface area contributed by atoms with Crippen molar-refractivity contribution in [1.82, 2.24) is 4.57 Å². The summed E-state index contributed by atoms with van der Waals surface area (Å²) in [7, 11) is 0. The van der Waals surface area contributed by atoms with Crippen LogP contribution in [0.3, 0.4) is 0 Å². The van der Waals surface area contributed by atoms with E-state index in [1.54, 1.807) is 12.1 Å². The Hall–Kier alpha value is -4.27. The molecular formula is C42H51FN2O5. The van der Waals surface area contributed by atoms with E-state index < -0.39 is 5.79 Å². The zero-order valence-corrected chi connectivity index (χ0v) is 28.9. The number of aromatic nitrogens is 1. The van der Waals surface area contributed by atoms with Crippen LogP contribution in [0.2, 0.25) is 0 Å². The third-order valence-corrected chi connectivity index (χ3v) is 9.38. The van der Waals surface area contributed by atoms with Crippen molar-refractivity contribution in [2.45, 2.75) is 117 Å². The molecule has 1 saturated heterocycles. The smallest absolute Gasteiger partial charge is 0.308 e. The predicted molar refractivity (Wildman–Crippen MR) is 197 cm³/mol. The number of halogens is 1. The highest BCUT2D eigenvalue weighted by molar-refractivity contribution is 6.12. The van der Waals surface area contributed by atoms with Crippen LogP contribution in [0.15, 0.2) is 84.9 Å². The second-order valence-electron chi connectivity index (χ2n) is 13.8. The Morgan fingerprint density at radius 3 is 2.12 bits per heavy atom. The Labute approximate surface area is 296 Å². The van der Waals surface area contributed by atoms with Crippen LogP contribution >= 0.6 is 0 Å². The Morgan fingerprint density at radius 2 is 1.50 bits per heavy atom. The maximum Gasteiger partial charge on any atom is 0.308 e. The van der Waals surface area contributed by atoms with Gasteiger partial charge in [-0.3, -0.25) is 9.59 Å². The fourth-order valence-corrected chi connectivity index (χ4v) is 7.45. The molecule has 266 valence electrons. The summed E-state index contributed by atoms with van der Waals surface area (Å²) in [5.41, 5.74) is 5.57. The summed E-state index contributed by atoms with van der Waals surface area (Å²) >= 11 is 0. The Kier molecular flexibility index (Phi) is 12.0. The summed E-state index contributed by atoms with van der Waals surface area (Å²) in [5, 5.41) is 3.14. The fourth-order valence-electron chi connectivity index (χ4n) is 7.45. The highest BCUT2D eigenvalue weighted by Gasteiger charge is 2.45. The first kappa shape index (κ1) is 37.0. The largest absolute Gasteiger partial charge is 0.463 e. The monoisotopic (exact) mass is 682 g/mol. The lowest BCUT2D eigenvalue weighted by Gasteiger charge is -2.43. The number of esters is 1. The number of nitrogens with zero attached hydrogens (tertiary/aromatic N) is 1. The van der Waals surface area contributed by atoms with Gasteiger partial charge in [0.1, 0.15) is 5.82 Å². The van der Waals surface area contributed by atoms with Gasteiger partial charge in [0.2, 0.25) is 0 Å². The van der Waals surface area contributed by atoms with Crippen molar-refractivity contribution in [3.63, 3.8) is 0 Å². The maximum atomic E-state index is 14.4. The molecule has 8 heteroatoms. The first-order valence-corrected chi connectivity index (χ1v) is 17.6. The van der Waals surface area contributed by atoms with Gasteiger partial charge < -0.3 is 24.1 Å². The minimum atomic E-state index is -0.695.